The van der Waals surface area contributed by atoms with Gasteiger partial charge in [-0.05, 0) is 18.2 Å². The SMILES string of the molecule is CCN(CC)S(=O)(=O)c1ccc(F)c(C(=O)NCCNC(C)=O)c1. The molecule has 0 saturated carbocycles. The maximum Gasteiger partial charge on any atom is 0.254 e. The number of carbonyl (C=O) groups excluding carboxylic acids is 2. The average molecular weight is 359 g/mol. The predicted molar refractivity (Wildman–Crippen MR) is 87.5 cm³/mol. The minimum Gasteiger partial charge on any atom is -0.355 e. The van der Waals surface area contributed by atoms with Gasteiger partial charge in [0.25, 0.3) is 5.91 Å². The number of sulfonamides is 1. The summed E-state index contributed by atoms with van der Waals surface area (Å²) in [6.07, 6.45) is 0. The molecule has 134 valence electrons. The number of halogens is 1. The maximum atomic E-state index is 13.9. The molecular formula is C15H22FN3O4S. The molecule has 9 heteroatoms. The molecule has 0 aliphatic carbocycles. The fourth-order valence-corrected chi connectivity index (χ4v) is 3.55. The van der Waals surface area contributed by atoms with Gasteiger partial charge in [0, 0.05) is 33.1 Å². The van der Waals surface area contributed by atoms with Crippen LogP contribution in [-0.2, 0) is 14.8 Å². The molecule has 1 aromatic rings. The van der Waals surface area contributed by atoms with Gasteiger partial charge in [0.15, 0.2) is 0 Å². The number of nitrogens with one attached hydrogen (secondary N) is 2. The molecular weight excluding hydrogens is 337 g/mol. The summed E-state index contributed by atoms with van der Waals surface area (Å²) in [5.74, 6) is -1.80. The third-order valence-electron chi connectivity index (χ3n) is 3.31. The summed E-state index contributed by atoms with van der Waals surface area (Å²) in [7, 11) is -3.78. The molecule has 2 N–H and O–H groups in total. The lowest BCUT2D eigenvalue weighted by atomic mass is 10.2. The van der Waals surface area contributed by atoms with Crippen molar-refractivity contribution < 1.29 is 22.4 Å². The van der Waals surface area contributed by atoms with Crippen LogP contribution in [0.15, 0.2) is 23.1 Å². The zero-order valence-corrected chi connectivity index (χ0v) is 14.7. The lowest BCUT2D eigenvalue weighted by Gasteiger charge is -2.19. The molecule has 0 heterocycles. The Morgan fingerprint density at radius 2 is 1.71 bits per heavy atom. The van der Waals surface area contributed by atoms with Crippen molar-refractivity contribution in [2.24, 2.45) is 0 Å². The van der Waals surface area contributed by atoms with Gasteiger partial charge < -0.3 is 10.6 Å². The monoisotopic (exact) mass is 359 g/mol. The highest BCUT2D eigenvalue weighted by Gasteiger charge is 2.24. The Labute approximate surface area is 141 Å². The van der Waals surface area contributed by atoms with Crippen molar-refractivity contribution in [3.63, 3.8) is 0 Å². The van der Waals surface area contributed by atoms with E-state index < -0.39 is 21.7 Å². The van der Waals surface area contributed by atoms with Crippen molar-refractivity contribution in [2.45, 2.75) is 25.7 Å². The fraction of sp³-hybridized carbons (Fsp3) is 0.467. The van der Waals surface area contributed by atoms with E-state index in [1.807, 2.05) is 0 Å². The Hall–Kier alpha value is -2.00. The van der Waals surface area contributed by atoms with Gasteiger partial charge in [-0.2, -0.15) is 4.31 Å². The molecule has 1 rings (SSSR count). The molecule has 0 saturated heterocycles. The molecule has 0 radical (unpaired) electrons. The van der Waals surface area contributed by atoms with Crippen molar-refractivity contribution in [3.05, 3.63) is 29.6 Å². The van der Waals surface area contributed by atoms with E-state index in [9.17, 15) is 22.4 Å². The molecule has 0 aliphatic heterocycles. The first kappa shape index (κ1) is 20.0. The second kappa shape index (κ2) is 8.74. The first-order valence-corrected chi connectivity index (χ1v) is 9.00. The zero-order chi connectivity index (χ0) is 18.3. The van der Waals surface area contributed by atoms with Gasteiger partial charge in [0.2, 0.25) is 15.9 Å². The highest BCUT2D eigenvalue weighted by molar-refractivity contribution is 7.89. The predicted octanol–water partition coefficient (Wildman–Crippen LogP) is 0.722. The van der Waals surface area contributed by atoms with E-state index in [1.165, 1.54) is 11.2 Å². The quantitative estimate of drug-likeness (QED) is 0.669. The van der Waals surface area contributed by atoms with Crippen LogP contribution >= 0.6 is 0 Å². The fourth-order valence-electron chi connectivity index (χ4n) is 2.06. The Bertz CT molecular complexity index is 703. The van der Waals surface area contributed by atoms with Crippen LogP contribution in [0.25, 0.3) is 0 Å². The number of amides is 2. The van der Waals surface area contributed by atoms with Crippen molar-refractivity contribution in [1.82, 2.24) is 14.9 Å². The van der Waals surface area contributed by atoms with Crippen LogP contribution in [-0.4, -0.2) is 50.7 Å². The third kappa shape index (κ3) is 5.00. The van der Waals surface area contributed by atoms with Gasteiger partial charge in [0.05, 0.1) is 10.5 Å². The van der Waals surface area contributed by atoms with Gasteiger partial charge in [-0.3, -0.25) is 9.59 Å². The van der Waals surface area contributed by atoms with Gasteiger partial charge in [0.1, 0.15) is 5.82 Å². The van der Waals surface area contributed by atoms with Gasteiger partial charge in [-0.25, -0.2) is 12.8 Å². The molecule has 7 nitrogen and oxygen atoms in total. The maximum absolute atomic E-state index is 13.9. The molecule has 2 amide bonds. The summed E-state index contributed by atoms with van der Waals surface area (Å²) in [6.45, 7) is 5.57. The molecule has 24 heavy (non-hydrogen) atoms. The molecule has 0 aliphatic rings. The highest BCUT2D eigenvalue weighted by atomic mass is 32.2. The van der Waals surface area contributed by atoms with Gasteiger partial charge in [-0.15, -0.1) is 0 Å². The second-order valence-corrected chi connectivity index (χ2v) is 6.91. The van der Waals surface area contributed by atoms with E-state index in [0.717, 1.165) is 18.2 Å². The Balaban J connectivity index is 2.97. The van der Waals surface area contributed by atoms with Crippen LogP contribution < -0.4 is 10.6 Å². The highest BCUT2D eigenvalue weighted by Crippen LogP contribution is 2.19. The number of benzene rings is 1. The minimum atomic E-state index is -3.78. The summed E-state index contributed by atoms with van der Waals surface area (Å²) in [5.41, 5.74) is -0.356. The van der Waals surface area contributed by atoms with Crippen LogP contribution in [0.4, 0.5) is 4.39 Å². The molecule has 0 spiro atoms. The standard InChI is InChI=1S/C15H22FN3O4S/c1-4-19(5-2)24(22,23)12-6-7-14(16)13(10-12)15(21)18-9-8-17-11(3)20/h6-7,10H,4-5,8-9H2,1-3H3,(H,17,20)(H,18,21). The van der Waals surface area contributed by atoms with E-state index in [2.05, 4.69) is 10.6 Å². The number of hydrogen-bond donors (Lipinski definition) is 2. The normalized spacial score (nSPS) is 11.4. The van der Waals surface area contributed by atoms with Crippen molar-refractivity contribution in [3.8, 4) is 0 Å². The Morgan fingerprint density at radius 1 is 1.12 bits per heavy atom. The summed E-state index contributed by atoms with van der Waals surface area (Å²) < 4.78 is 40.0. The van der Waals surface area contributed by atoms with E-state index in [0.29, 0.717) is 0 Å². The van der Waals surface area contributed by atoms with Crippen LogP contribution in [0.1, 0.15) is 31.1 Å². The van der Waals surface area contributed by atoms with E-state index in [-0.39, 0.29) is 42.5 Å². The number of carbonyl (C=O) groups is 2. The lowest BCUT2D eigenvalue weighted by Crippen LogP contribution is -2.34. The molecule has 0 aromatic heterocycles. The molecule has 1 aromatic carbocycles. The van der Waals surface area contributed by atoms with Crippen LogP contribution in [0.2, 0.25) is 0 Å². The molecule has 0 unspecified atom stereocenters. The second-order valence-electron chi connectivity index (χ2n) is 4.97. The van der Waals surface area contributed by atoms with Crippen LogP contribution in [0.3, 0.4) is 0 Å². The first-order valence-electron chi connectivity index (χ1n) is 7.56. The van der Waals surface area contributed by atoms with Gasteiger partial charge in [-0.1, -0.05) is 13.8 Å². The third-order valence-corrected chi connectivity index (χ3v) is 5.36. The summed E-state index contributed by atoms with van der Waals surface area (Å²) in [6, 6.07) is 3.12. The summed E-state index contributed by atoms with van der Waals surface area (Å²) in [4.78, 5) is 22.6. The summed E-state index contributed by atoms with van der Waals surface area (Å²) >= 11 is 0. The summed E-state index contributed by atoms with van der Waals surface area (Å²) in [5, 5.41) is 4.91. The molecule has 0 atom stereocenters. The van der Waals surface area contributed by atoms with E-state index >= 15 is 0 Å². The topological polar surface area (TPSA) is 95.6 Å². The Kier molecular flexibility index (Phi) is 7.30. The minimum absolute atomic E-state index is 0.102. The molecule has 0 fully saturated rings. The van der Waals surface area contributed by atoms with E-state index in [1.54, 1.807) is 13.8 Å². The average Bonchev–Trinajstić information content (AvgIpc) is 2.52. The lowest BCUT2D eigenvalue weighted by molar-refractivity contribution is -0.118. The zero-order valence-electron chi connectivity index (χ0n) is 13.9. The van der Waals surface area contributed by atoms with Crippen molar-refractivity contribution in [1.29, 1.82) is 0 Å². The van der Waals surface area contributed by atoms with Crippen LogP contribution in [0, 0.1) is 5.82 Å². The van der Waals surface area contributed by atoms with Crippen molar-refractivity contribution >= 4 is 21.8 Å². The van der Waals surface area contributed by atoms with Crippen LogP contribution in [0.5, 0.6) is 0 Å². The largest absolute Gasteiger partial charge is 0.355 e. The first-order chi connectivity index (χ1) is 11.2. The van der Waals surface area contributed by atoms with E-state index in [4.69, 9.17) is 0 Å². The number of rotatable bonds is 8. The van der Waals surface area contributed by atoms with Crippen molar-refractivity contribution in [2.75, 3.05) is 26.2 Å². The van der Waals surface area contributed by atoms with Gasteiger partial charge >= 0.3 is 0 Å². The molecule has 0 bridgehead atoms. The number of hydrogen-bond acceptors (Lipinski definition) is 4. The Morgan fingerprint density at radius 3 is 2.25 bits per heavy atom. The number of nitrogens with zero attached hydrogens (tertiary/aromatic N) is 1. The smallest absolute Gasteiger partial charge is 0.254 e.